The summed E-state index contributed by atoms with van der Waals surface area (Å²) in [6.45, 7) is 2.54. The molecule has 0 atom stereocenters. The fourth-order valence-corrected chi connectivity index (χ4v) is 2.53. The van der Waals surface area contributed by atoms with E-state index in [0.29, 0.717) is 12.2 Å². The third-order valence-electron chi connectivity index (χ3n) is 2.96. The van der Waals surface area contributed by atoms with Gasteiger partial charge in [-0.05, 0) is 71.0 Å². The van der Waals surface area contributed by atoms with Crippen LogP contribution in [-0.2, 0) is 11.3 Å². The molecule has 104 valence electrons. The van der Waals surface area contributed by atoms with Gasteiger partial charge in [-0.2, -0.15) is 0 Å². The molecular formula is C16H16INO2. The van der Waals surface area contributed by atoms with Crippen LogP contribution in [-0.4, -0.2) is 13.0 Å². The van der Waals surface area contributed by atoms with Gasteiger partial charge in [-0.25, -0.2) is 0 Å². The van der Waals surface area contributed by atoms with Crippen LogP contribution < -0.4 is 5.32 Å². The number of amides is 1. The van der Waals surface area contributed by atoms with Crippen molar-refractivity contribution < 1.29 is 9.53 Å². The third kappa shape index (κ3) is 3.80. The lowest BCUT2D eigenvalue weighted by Crippen LogP contribution is -2.12. The quantitative estimate of drug-likeness (QED) is 0.814. The van der Waals surface area contributed by atoms with Crippen molar-refractivity contribution in [3.05, 3.63) is 62.7 Å². The molecule has 4 heteroatoms. The molecule has 0 aliphatic carbocycles. The van der Waals surface area contributed by atoms with E-state index < -0.39 is 0 Å². The molecule has 0 aromatic heterocycles. The van der Waals surface area contributed by atoms with Gasteiger partial charge in [0.25, 0.3) is 5.91 Å². The van der Waals surface area contributed by atoms with E-state index >= 15 is 0 Å². The molecular weight excluding hydrogens is 365 g/mol. The van der Waals surface area contributed by atoms with Crippen LogP contribution in [0.15, 0.2) is 42.5 Å². The molecule has 2 aromatic carbocycles. The monoisotopic (exact) mass is 381 g/mol. The molecule has 1 N–H and O–H groups in total. The van der Waals surface area contributed by atoms with Crippen molar-refractivity contribution in [3.8, 4) is 0 Å². The fraction of sp³-hybridized carbons (Fsp3) is 0.188. The van der Waals surface area contributed by atoms with E-state index in [1.54, 1.807) is 7.11 Å². The van der Waals surface area contributed by atoms with Crippen molar-refractivity contribution in [2.24, 2.45) is 0 Å². The second-order valence-corrected chi connectivity index (χ2v) is 5.79. The molecule has 0 radical (unpaired) electrons. The molecule has 0 bridgehead atoms. The van der Waals surface area contributed by atoms with Crippen LogP contribution >= 0.6 is 22.6 Å². The molecule has 0 aliphatic rings. The largest absolute Gasteiger partial charge is 0.380 e. The van der Waals surface area contributed by atoms with E-state index in [9.17, 15) is 4.79 Å². The lowest BCUT2D eigenvalue weighted by molar-refractivity contribution is 0.102. The predicted octanol–water partition coefficient (Wildman–Crippen LogP) is 4.00. The standard InChI is InChI=1S/C16H16INO2/c1-11-9-14(17)7-8-15(11)18-16(19)13-5-3-12(4-6-13)10-20-2/h3-9H,10H2,1-2H3,(H,18,19). The number of benzene rings is 2. The maximum atomic E-state index is 12.2. The highest BCUT2D eigenvalue weighted by Crippen LogP contribution is 2.18. The Morgan fingerprint density at radius 2 is 1.90 bits per heavy atom. The summed E-state index contributed by atoms with van der Waals surface area (Å²) in [7, 11) is 1.65. The highest BCUT2D eigenvalue weighted by molar-refractivity contribution is 14.1. The van der Waals surface area contributed by atoms with E-state index in [2.05, 4.69) is 27.9 Å². The number of carbonyl (C=O) groups is 1. The molecule has 0 saturated heterocycles. The van der Waals surface area contributed by atoms with E-state index in [0.717, 1.165) is 20.4 Å². The van der Waals surface area contributed by atoms with Gasteiger partial charge in [0.05, 0.1) is 6.61 Å². The molecule has 0 aliphatic heterocycles. The van der Waals surface area contributed by atoms with Crippen LogP contribution in [0.4, 0.5) is 5.69 Å². The lowest BCUT2D eigenvalue weighted by atomic mass is 10.1. The van der Waals surface area contributed by atoms with E-state index in [1.165, 1.54) is 0 Å². The van der Waals surface area contributed by atoms with Crippen molar-refractivity contribution in [2.45, 2.75) is 13.5 Å². The Morgan fingerprint density at radius 1 is 1.20 bits per heavy atom. The number of hydrogen-bond acceptors (Lipinski definition) is 2. The van der Waals surface area contributed by atoms with Gasteiger partial charge in [-0.3, -0.25) is 4.79 Å². The Morgan fingerprint density at radius 3 is 2.50 bits per heavy atom. The summed E-state index contributed by atoms with van der Waals surface area (Å²) in [5.41, 5.74) is 3.59. The molecule has 2 rings (SSSR count). The van der Waals surface area contributed by atoms with Crippen LogP contribution in [0.1, 0.15) is 21.5 Å². The molecule has 2 aromatic rings. The smallest absolute Gasteiger partial charge is 0.255 e. The Hall–Kier alpha value is -1.40. The van der Waals surface area contributed by atoms with Crippen LogP contribution in [0.25, 0.3) is 0 Å². The third-order valence-corrected chi connectivity index (χ3v) is 3.63. The number of methoxy groups -OCH3 is 1. The maximum absolute atomic E-state index is 12.2. The molecule has 0 fully saturated rings. The average molecular weight is 381 g/mol. The Labute approximate surface area is 132 Å². The van der Waals surface area contributed by atoms with Gasteiger partial charge in [-0.15, -0.1) is 0 Å². The minimum absolute atomic E-state index is 0.0988. The van der Waals surface area contributed by atoms with E-state index in [1.807, 2.05) is 49.4 Å². The summed E-state index contributed by atoms with van der Waals surface area (Å²) in [5.74, 6) is -0.0988. The number of nitrogens with one attached hydrogen (secondary N) is 1. The fourth-order valence-electron chi connectivity index (χ4n) is 1.88. The zero-order valence-corrected chi connectivity index (χ0v) is 13.6. The number of hydrogen-bond donors (Lipinski definition) is 1. The second kappa shape index (κ2) is 6.85. The molecule has 1 amide bonds. The van der Waals surface area contributed by atoms with Gasteiger partial charge in [0, 0.05) is 21.9 Å². The first-order valence-electron chi connectivity index (χ1n) is 6.25. The lowest BCUT2D eigenvalue weighted by Gasteiger charge is -2.09. The number of ether oxygens (including phenoxy) is 1. The van der Waals surface area contributed by atoms with Crippen LogP contribution in [0.5, 0.6) is 0 Å². The first-order chi connectivity index (χ1) is 9.60. The van der Waals surface area contributed by atoms with Gasteiger partial charge in [0.1, 0.15) is 0 Å². The Balaban J connectivity index is 2.11. The minimum atomic E-state index is -0.0988. The van der Waals surface area contributed by atoms with Crippen molar-refractivity contribution >= 4 is 34.2 Å². The molecule has 20 heavy (non-hydrogen) atoms. The highest BCUT2D eigenvalue weighted by atomic mass is 127. The SMILES string of the molecule is COCc1ccc(C(=O)Nc2ccc(I)cc2C)cc1. The topological polar surface area (TPSA) is 38.3 Å². The van der Waals surface area contributed by atoms with Gasteiger partial charge in [-0.1, -0.05) is 12.1 Å². The minimum Gasteiger partial charge on any atom is -0.380 e. The van der Waals surface area contributed by atoms with Crippen molar-refractivity contribution in [1.29, 1.82) is 0 Å². The normalized spacial score (nSPS) is 10.3. The molecule has 0 saturated carbocycles. The summed E-state index contributed by atoms with van der Waals surface area (Å²) in [5, 5.41) is 2.93. The van der Waals surface area contributed by atoms with Gasteiger partial charge >= 0.3 is 0 Å². The first-order valence-corrected chi connectivity index (χ1v) is 7.33. The zero-order valence-electron chi connectivity index (χ0n) is 11.4. The van der Waals surface area contributed by atoms with Crippen LogP contribution in [0, 0.1) is 10.5 Å². The first kappa shape index (κ1) is 15.0. The van der Waals surface area contributed by atoms with Gasteiger partial charge in [0.15, 0.2) is 0 Å². The molecule has 0 heterocycles. The number of halogens is 1. The van der Waals surface area contributed by atoms with Gasteiger partial charge < -0.3 is 10.1 Å². The Kier molecular flexibility index (Phi) is 5.14. The maximum Gasteiger partial charge on any atom is 0.255 e. The summed E-state index contributed by atoms with van der Waals surface area (Å²) in [6.07, 6.45) is 0. The Bertz CT molecular complexity index is 608. The van der Waals surface area contributed by atoms with Crippen molar-refractivity contribution in [2.75, 3.05) is 12.4 Å². The molecule has 0 unspecified atom stereocenters. The average Bonchev–Trinajstić information content (AvgIpc) is 2.43. The highest BCUT2D eigenvalue weighted by Gasteiger charge is 2.07. The molecule has 3 nitrogen and oxygen atoms in total. The summed E-state index contributed by atoms with van der Waals surface area (Å²) >= 11 is 2.25. The van der Waals surface area contributed by atoms with Crippen molar-refractivity contribution in [1.82, 2.24) is 0 Å². The predicted molar refractivity (Wildman–Crippen MR) is 89.0 cm³/mol. The number of anilines is 1. The second-order valence-electron chi connectivity index (χ2n) is 4.54. The number of rotatable bonds is 4. The summed E-state index contributed by atoms with van der Waals surface area (Å²) in [4.78, 5) is 12.2. The van der Waals surface area contributed by atoms with E-state index in [-0.39, 0.29) is 5.91 Å². The zero-order chi connectivity index (χ0) is 14.5. The van der Waals surface area contributed by atoms with Crippen LogP contribution in [0.2, 0.25) is 0 Å². The number of carbonyl (C=O) groups excluding carboxylic acids is 1. The van der Waals surface area contributed by atoms with Gasteiger partial charge in [0.2, 0.25) is 0 Å². The summed E-state index contributed by atoms with van der Waals surface area (Å²) in [6, 6.07) is 13.4. The van der Waals surface area contributed by atoms with E-state index in [4.69, 9.17) is 4.74 Å². The number of aryl methyl sites for hydroxylation is 1. The van der Waals surface area contributed by atoms with Crippen molar-refractivity contribution in [3.63, 3.8) is 0 Å². The molecule has 0 spiro atoms. The van der Waals surface area contributed by atoms with Crippen LogP contribution in [0.3, 0.4) is 0 Å². The summed E-state index contributed by atoms with van der Waals surface area (Å²) < 4.78 is 6.20.